The molecule has 1 heterocycles. The number of carbonyl (C=O) groups is 1. The van der Waals surface area contributed by atoms with E-state index in [1.165, 1.54) is 0 Å². The van der Waals surface area contributed by atoms with E-state index in [9.17, 15) is 10.1 Å². The first kappa shape index (κ1) is 24.9. The molecule has 0 aliphatic carbocycles. The largest absolute Gasteiger partial charge is 0.493 e. The maximum atomic E-state index is 13.1. The maximum Gasteiger partial charge on any atom is 0.344 e. The van der Waals surface area contributed by atoms with Gasteiger partial charge in [0.25, 0.3) is 0 Å². The number of allylic oxidation sites excluding steroid dienone is 1. The Kier molecular flexibility index (Phi) is 7.28. The molecule has 0 aromatic heterocycles. The molecule has 1 aliphatic rings. The molecule has 0 amide bonds. The number of unbranched alkanes of at least 4 members (excludes halogenated alkanes) is 2. The van der Waals surface area contributed by atoms with Crippen molar-refractivity contribution in [2.24, 2.45) is 5.73 Å². The number of nitriles is 1. The van der Waals surface area contributed by atoms with Gasteiger partial charge in [-0.3, -0.25) is 0 Å². The zero-order chi connectivity index (χ0) is 26.5. The van der Waals surface area contributed by atoms with Crippen molar-refractivity contribution in [2.75, 3.05) is 6.61 Å². The van der Waals surface area contributed by atoms with E-state index in [1.807, 2.05) is 66.7 Å². The predicted octanol–water partition coefficient (Wildman–Crippen LogP) is 6.85. The van der Waals surface area contributed by atoms with Crippen molar-refractivity contribution in [1.82, 2.24) is 0 Å². The number of nitrogens with two attached hydrogens (primary N) is 1. The van der Waals surface area contributed by atoms with Gasteiger partial charge in [0.05, 0.1) is 18.1 Å². The molecule has 38 heavy (non-hydrogen) atoms. The standard InChI is InChI=1S/C32H28N2O4/c1-2-3-8-18-36-28-15-7-6-13-25(28)30-26-17-16-22(19-29(26)38-31(34)27(30)20-33)37-32(35)24-14-9-11-21-10-4-5-12-23(21)24/h4-7,9-17,19,30H,2-3,8,18,34H2,1H3. The third kappa shape index (κ3) is 4.91. The topological polar surface area (TPSA) is 94.6 Å². The Hall–Kier alpha value is -4.76. The summed E-state index contributed by atoms with van der Waals surface area (Å²) in [6.45, 7) is 2.73. The van der Waals surface area contributed by atoms with E-state index >= 15 is 0 Å². The molecule has 6 nitrogen and oxygen atoms in total. The maximum absolute atomic E-state index is 13.1. The van der Waals surface area contributed by atoms with E-state index < -0.39 is 11.9 Å². The van der Waals surface area contributed by atoms with Crippen LogP contribution in [-0.4, -0.2) is 12.6 Å². The Morgan fingerprint density at radius 2 is 1.76 bits per heavy atom. The summed E-state index contributed by atoms with van der Waals surface area (Å²) in [6, 6.07) is 28.2. The van der Waals surface area contributed by atoms with Gasteiger partial charge in [0.1, 0.15) is 28.9 Å². The first-order valence-electron chi connectivity index (χ1n) is 12.7. The third-order valence-electron chi connectivity index (χ3n) is 6.65. The fraction of sp³-hybridized carbons (Fsp3) is 0.188. The number of para-hydroxylation sites is 1. The number of hydrogen-bond acceptors (Lipinski definition) is 6. The van der Waals surface area contributed by atoms with Crippen LogP contribution in [0, 0.1) is 11.3 Å². The second-order valence-electron chi connectivity index (χ2n) is 9.13. The van der Waals surface area contributed by atoms with Crippen LogP contribution in [0.25, 0.3) is 10.8 Å². The summed E-state index contributed by atoms with van der Waals surface area (Å²) >= 11 is 0. The molecule has 0 radical (unpaired) electrons. The molecule has 0 bridgehead atoms. The average molecular weight is 505 g/mol. The number of ether oxygens (including phenoxy) is 3. The molecule has 2 N–H and O–H groups in total. The molecule has 4 aromatic carbocycles. The lowest BCUT2D eigenvalue weighted by Crippen LogP contribution is -2.21. The molecule has 1 unspecified atom stereocenters. The molecule has 0 spiro atoms. The van der Waals surface area contributed by atoms with Gasteiger partial charge in [-0.1, -0.05) is 80.4 Å². The van der Waals surface area contributed by atoms with Gasteiger partial charge in [0, 0.05) is 17.2 Å². The quantitative estimate of drug-likeness (QED) is 0.160. The summed E-state index contributed by atoms with van der Waals surface area (Å²) in [5.74, 6) is 0.514. The molecule has 1 atom stereocenters. The van der Waals surface area contributed by atoms with Crippen LogP contribution in [0.4, 0.5) is 0 Å². The Balaban J connectivity index is 1.47. The van der Waals surface area contributed by atoms with Gasteiger partial charge in [0.2, 0.25) is 5.88 Å². The summed E-state index contributed by atoms with van der Waals surface area (Å²) in [6.07, 6.45) is 3.13. The molecule has 190 valence electrons. The van der Waals surface area contributed by atoms with Crippen LogP contribution in [0.5, 0.6) is 17.2 Å². The van der Waals surface area contributed by atoms with Crippen molar-refractivity contribution in [2.45, 2.75) is 32.1 Å². The number of hydrogen-bond donors (Lipinski definition) is 1. The fourth-order valence-electron chi connectivity index (χ4n) is 4.77. The minimum atomic E-state index is -0.478. The molecule has 0 saturated carbocycles. The highest BCUT2D eigenvalue weighted by molar-refractivity contribution is 6.05. The van der Waals surface area contributed by atoms with Gasteiger partial charge in [-0.25, -0.2) is 4.79 Å². The average Bonchev–Trinajstić information content (AvgIpc) is 2.94. The van der Waals surface area contributed by atoms with Crippen LogP contribution >= 0.6 is 0 Å². The van der Waals surface area contributed by atoms with E-state index in [0.717, 1.165) is 41.2 Å². The molecule has 0 saturated heterocycles. The Labute approximate surface area is 221 Å². The normalized spacial score (nSPS) is 14.4. The smallest absolute Gasteiger partial charge is 0.344 e. The zero-order valence-corrected chi connectivity index (χ0v) is 21.1. The number of rotatable bonds is 8. The minimum Gasteiger partial charge on any atom is -0.493 e. The lowest BCUT2D eigenvalue weighted by atomic mass is 9.83. The number of nitrogens with zero attached hydrogens (tertiary/aromatic N) is 1. The number of fused-ring (bicyclic) bond motifs is 2. The number of benzene rings is 4. The molecular weight excluding hydrogens is 476 g/mol. The van der Waals surface area contributed by atoms with Crippen molar-refractivity contribution >= 4 is 16.7 Å². The van der Waals surface area contributed by atoms with Gasteiger partial charge >= 0.3 is 5.97 Å². The van der Waals surface area contributed by atoms with Crippen LogP contribution in [0.3, 0.4) is 0 Å². The van der Waals surface area contributed by atoms with Crippen LogP contribution < -0.4 is 19.9 Å². The van der Waals surface area contributed by atoms with Gasteiger partial charge in [0.15, 0.2) is 0 Å². The molecular formula is C32H28N2O4. The Morgan fingerprint density at radius 3 is 2.61 bits per heavy atom. The lowest BCUT2D eigenvalue weighted by Gasteiger charge is -2.28. The molecule has 5 rings (SSSR count). The molecule has 0 fully saturated rings. The summed E-state index contributed by atoms with van der Waals surface area (Å²) < 4.78 is 17.7. The van der Waals surface area contributed by atoms with Gasteiger partial charge in [-0.15, -0.1) is 0 Å². The van der Waals surface area contributed by atoms with Crippen LogP contribution in [-0.2, 0) is 0 Å². The molecule has 1 aliphatic heterocycles. The van der Waals surface area contributed by atoms with Crippen molar-refractivity contribution in [3.8, 4) is 23.3 Å². The Bertz CT molecular complexity index is 1560. The highest BCUT2D eigenvalue weighted by Gasteiger charge is 2.33. The summed E-state index contributed by atoms with van der Waals surface area (Å²) in [4.78, 5) is 13.1. The Morgan fingerprint density at radius 1 is 0.974 bits per heavy atom. The first-order chi connectivity index (χ1) is 18.6. The SMILES string of the molecule is CCCCCOc1ccccc1C1C(C#N)=C(N)Oc2cc(OC(=O)c3cccc4ccccc34)ccc21. The monoisotopic (exact) mass is 504 g/mol. The van der Waals surface area contributed by atoms with Crippen molar-refractivity contribution < 1.29 is 19.0 Å². The summed E-state index contributed by atoms with van der Waals surface area (Å²) in [5.41, 5.74) is 8.56. The number of esters is 1. The van der Waals surface area contributed by atoms with E-state index in [2.05, 4.69) is 13.0 Å². The van der Waals surface area contributed by atoms with E-state index in [4.69, 9.17) is 19.9 Å². The van der Waals surface area contributed by atoms with E-state index in [0.29, 0.717) is 35.0 Å². The minimum absolute atomic E-state index is 0.0170. The van der Waals surface area contributed by atoms with Gasteiger partial charge in [-0.05, 0) is 35.4 Å². The van der Waals surface area contributed by atoms with Gasteiger partial charge in [-0.2, -0.15) is 5.26 Å². The number of carbonyl (C=O) groups excluding carboxylic acids is 1. The van der Waals surface area contributed by atoms with Crippen LogP contribution in [0.2, 0.25) is 0 Å². The predicted molar refractivity (Wildman–Crippen MR) is 146 cm³/mol. The van der Waals surface area contributed by atoms with E-state index in [-0.39, 0.29) is 5.88 Å². The highest BCUT2D eigenvalue weighted by Crippen LogP contribution is 2.46. The van der Waals surface area contributed by atoms with Crippen molar-refractivity contribution in [3.63, 3.8) is 0 Å². The highest BCUT2D eigenvalue weighted by atomic mass is 16.5. The second kappa shape index (κ2) is 11.1. The lowest BCUT2D eigenvalue weighted by molar-refractivity contribution is 0.0736. The second-order valence-corrected chi connectivity index (χ2v) is 9.13. The molecule has 4 aromatic rings. The van der Waals surface area contributed by atoms with Crippen LogP contribution in [0.1, 0.15) is 53.6 Å². The molecule has 6 heteroatoms. The fourth-order valence-corrected chi connectivity index (χ4v) is 4.77. The zero-order valence-electron chi connectivity index (χ0n) is 21.1. The van der Waals surface area contributed by atoms with Crippen LogP contribution in [0.15, 0.2) is 96.4 Å². The van der Waals surface area contributed by atoms with Crippen molar-refractivity contribution in [3.05, 3.63) is 113 Å². The van der Waals surface area contributed by atoms with Gasteiger partial charge < -0.3 is 19.9 Å². The summed E-state index contributed by atoms with van der Waals surface area (Å²) in [7, 11) is 0. The van der Waals surface area contributed by atoms with E-state index in [1.54, 1.807) is 18.2 Å². The summed E-state index contributed by atoms with van der Waals surface area (Å²) in [5, 5.41) is 11.7. The third-order valence-corrected chi connectivity index (χ3v) is 6.65. The first-order valence-corrected chi connectivity index (χ1v) is 12.7. The van der Waals surface area contributed by atoms with Crippen molar-refractivity contribution in [1.29, 1.82) is 5.26 Å².